The van der Waals surface area contributed by atoms with Crippen molar-refractivity contribution in [3.05, 3.63) is 197 Å². The van der Waals surface area contributed by atoms with E-state index >= 15 is 0 Å². The van der Waals surface area contributed by atoms with Crippen LogP contribution in [0.3, 0.4) is 0 Å². The van der Waals surface area contributed by atoms with Crippen LogP contribution in [0, 0.1) is 37.9 Å². The van der Waals surface area contributed by atoms with Crippen LogP contribution in [-0.2, 0) is 117 Å². The second kappa shape index (κ2) is 17.7. The maximum atomic E-state index is 5.62. The maximum Gasteiger partial charge on any atom is 0 e. The molecular formula is C45H30Y3-6. The van der Waals surface area contributed by atoms with Crippen LogP contribution in [-0.4, -0.2) is 0 Å². The fourth-order valence-electron chi connectivity index (χ4n) is 6.62. The van der Waals surface area contributed by atoms with Gasteiger partial charge in [-0.1, -0.05) is 101 Å². The van der Waals surface area contributed by atoms with Gasteiger partial charge in [0.15, 0.2) is 0 Å². The zero-order valence-corrected chi connectivity index (χ0v) is 35.2. The molecule has 0 aliphatic heterocycles. The van der Waals surface area contributed by atoms with Gasteiger partial charge in [0.05, 0.1) is 0 Å². The Labute approximate surface area is 361 Å². The minimum Gasteiger partial charge on any atom is -0.344 e. The first kappa shape index (κ1) is 38.7. The normalized spacial score (nSPS) is 11.2. The Hall–Kier alpha value is -2.15. The average molecular weight is 837 g/mol. The topological polar surface area (TPSA) is 0 Å². The molecule has 3 radical (unpaired) electrons. The van der Waals surface area contributed by atoms with Gasteiger partial charge in [0.1, 0.15) is 0 Å². The summed E-state index contributed by atoms with van der Waals surface area (Å²) in [6, 6.07) is 47.6. The van der Waals surface area contributed by atoms with Gasteiger partial charge in [0, 0.05) is 98.1 Å². The Morgan fingerprint density at radius 3 is 1.75 bits per heavy atom. The van der Waals surface area contributed by atoms with Crippen molar-refractivity contribution in [2.24, 2.45) is 0 Å². The first-order chi connectivity index (χ1) is 22.2. The first-order valence-corrected chi connectivity index (χ1v) is 15.2. The van der Waals surface area contributed by atoms with Crippen molar-refractivity contribution in [3.8, 4) is 33.4 Å². The Morgan fingerprint density at radius 1 is 0.479 bits per heavy atom. The summed E-state index contributed by atoms with van der Waals surface area (Å²) in [5.74, 6) is 0. The number of benzene rings is 6. The van der Waals surface area contributed by atoms with Crippen LogP contribution in [0.4, 0.5) is 0 Å². The third-order valence-electron chi connectivity index (χ3n) is 8.78. The molecule has 48 heavy (non-hydrogen) atoms. The van der Waals surface area contributed by atoms with E-state index in [0.717, 1.165) is 36.0 Å². The van der Waals surface area contributed by atoms with Crippen LogP contribution in [0.25, 0.3) is 51.6 Å². The fourth-order valence-corrected chi connectivity index (χ4v) is 6.62. The Morgan fingerprint density at radius 2 is 1.06 bits per heavy atom. The fraction of sp³-hybridized carbons (Fsp3) is 0.0667. The molecule has 0 unspecified atom stereocenters. The minimum atomic E-state index is 0. The van der Waals surface area contributed by atoms with Crippen LogP contribution in [0.15, 0.2) is 109 Å². The number of rotatable bonds is 3. The number of hydrogen-bond acceptors (Lipinski definition) is 0. The quantitative estimate of drug-likeness (QED) is 0.156. The van der Waals surface area contributed by atoms with Crippen molar-refractivity contribution in [1.82, 2.24) is 0 Å². The van der Waals surface area contributed by atoms with E-state index in [1.165, 1.54) is 66.8 Å². The van der Waals surface area contributed by atoms with Crippen molar-refractivity contribution in [1.29, 1.82) is 0 Å². The molecule has 0 heterocycles. The second-order valence-electron chi connectivity index (χ2n) is 11.4. The molecule has 0 spiro atoms. The number of fused-ring (bicyclic) bond motifs is 9. The molecule has 0 saturated carbocycles. The van der Waals surface area contributed by atoms with Crippen LogP contribution in [0.2, 0.25) is 0 Å². The summed E-state index contributed by atoms with van der Waals surface area (Å²) in [5.41, 5.74) is 18.9. The van der Waals surface area contributed by atoms with Gasteiger partial charge in [-0.2, -0.15) is 17.7 Å². The molecule has 0 fully saturated rings. The molecule has 225 valence electrons. The van der Waals surface area contributed by atoms with Crippen molar-refractivity contribution in [3.63, 3.8) is 0 Å². The van der Waals surface area contributed by atoms with Gasteiger partial charge in [0.2, 0.25) is 0 Å². The molecule has 0 amide bonds. The average Bonchev–Trinajstić information content (AvgIpc) is 3.79. The molecule has 0 N–H and O–H groups in total. The molecule has 3 heteroatoms. The molecule has 0 aromatic heterocycles. The van der Waals surface area contributed by atoms with Crippen LogP contribution < -0.4 is 0 Å². The number of hydrogen-bond donors (Lipinski definition) is 0. The molecule has 0 atom stereocenters. The summed E-state index contributed by atoms with van der Waals surface area (Å²) in [4.78, 5) is 0. The second-order valence-corrected chi connectivity index (χ2v) is 11.4. The summed E-state index contributed by atoms with van der Waals surface area (Å²) >= 11 is 0. The van der Waals surface area contributed by atoms with Crippen LogP contribution in [0.5, 0.6) is 0 Å². The standard InChI is InChI=1S/3C15H10.3Y/c1-2-11-7-5-8-13-10-12-6-3-4-9-14(12)15(11)13;1-2-11-7-8-15-13(9-11)10-12-5-3-4-6-14(12)15;1-2-11-7-8-13-10-12-5-3-4-6-14(12)15(13)9-11;;;/h2*1-6,8-9H,10H2;1-8H,10H2;;;/q3*-2;;;. The van der Waals surface area contributed by atoms with Gasteiger partial charge < -0.3 is 37.5 Å². The molecule has 0 nitrogen and oxygen atoms in total. The van der Waals surface area contributed by atoms with Crippen molar-refractivity contribution >= 4 is 18.2 Å². The van der Waals surface area contributed by atoms with Gasteiger partial charge in [-0.05, 0) is 30.4 Å². The van der Waals surface area contributed by atoms with E-state index in [1.54, 1.807) is 18.2 Å². The van der Waals surface area contributed by atoms with Crippen LogP contribution >= 0.6 is 0 Å². The van der Waals surface area contributed by atoms with E-state index in [2.05, 4.69) is 109 Å². The predicted octanol–water partition coefficient (Wildman–Crippen LogP) is 10.5. The molecule has 6 aromatic carbocycles. The third kappa shape index (κ3) is 7.92. The van der Waals surface area contributed by atoms with E-state index in [4.69, 9.17) is 19.7 Å². The summed E-state index contributed by atoms with van der Waals surface area (Å²) in [6.07, 6.45) is 7.89. The van der Waals surface area contributed by atoms with Crippen LogP contribution in [0.1, 0.15) is 50.1 Å². The Kier molecular flexibility index (Phi) is 14.2. The zero-order valence-electron chi connectivity index (χ0n) is 26.7. The molecule has 3 aliphatic rings. The van der Waals surface area contributed by atoms with Crippen molar-refractivity contribution in [2.75, 3.05) is 0 Å². The summed E-state index contributed by atoms with van der Waals surface area (Å²) in [6.45, 7) is 16.6. The third-order valence-corrected chi connectivity index (χ3v) is 8.78. The van der Waals surface area contributed by atoms with Crippen molar-refractivity contribution < 1.29 is 98.1 Å². The smallest absolute Gasteiger partial charge is 0 e. The zero-order chi connectivity index (χ0) is 30.8. The van der Waals surface area contributed by atoms with E-state index in [0.29, 0.717) is 0 Å². The molecule has 0 saturated heterocycles. The van der Waals surface area contributed by atoms with E-state index in [9.17, 15) is 0 Å². The van der Waals surface area contributed by atoms with Gasteiger partial charge in [-0.25, -0.2) is 30.3 Å². The minimum absolute atomic E-state index is 0. The first-order valence-electron chi connectivity index (χ1n) is 15.2. The molecule has 6 aromatic rings. The van der Waals surface area contributed by atoms with Gasteiger partial charge >= 0.3 is 0 Å². The summed E-state index contributed by atoms with van der Waals surface area (Å²) in [7, 11) is 0. The monoisotopic (exact) mass is 837 g/mol. The van der Waals surface area contributed by atoms with E-state index in [1.807, 2.05) is 18.2 Å². The molecule has 3 aliphatic carbocycles. The molecular weight excluding hydrogens is 807 g/mol. The summed E-state index contributed by atoms with van der Waals surface area (Å²) < 4.78 is 0. The van der Waals surface area contributed by atoms with E-state index < -0.39 is 0 Å². The van der Waals surface area contributed by atoms with Gasteiger partial charge in [-0.3, -0.25) is 17.2 Å². The van der Waals surface area contributed by atoms with Gasteiger partial charge in [-0.15, -0.1) is 34.4 Å². The largest absolute Gasteiger partial charge is 0.344 e. The maximum absolute atomic E-state index is 5.62. The van der Waals surface area contributed by atoms with Gasteiger partial charge in [0.25, 0.3) is 0 Å². The SMILES string of the molecule is [CH-]=Cc1[c-]c2c(cc1)Cc1ccccc1-2.[CH-]=Cc1[c-]cc2c(c1)Cc1ccccc1-2.[CH-]=Cc1[c-]ccc2c1-c1ccccc1C2.[Y].[Y].[Y]. The molecule has 9 rings (SSSR count). The van der Waals surface area contributed by atoms with Crippen molar-refractivity contribution in [2.45, 2.75) is 19.3 Å². The van der Waals surface area contributed by atoms with E-state index in [-0.39, 0.29) is 98.1 Å². The summed E-state index contributed by atoms with van der Waals surface area (Å²) in [5, 5.41) is 0. The molecule has 0 bridgehead atoms. The Bertz CT molecular complexity index is 2100. The predicted molar refractivity (Wildman–Crippen MR) is 187 cm³/mol. The Balaban J connectivity index is 0.000000158.